The first-order valence-corrected chi connectivity index (χ1v) is 6.69. The summed E-state index contributed by atoms with van der Waals surface area (Å²) < 4.78 is 0. The molecular weight excluding hydrogens is 198 g/mol. The fourth-order valence-corrected chi connectivity index (χ4v) is 3.34. The van der Waals surface area contributed by atoms with Gasteiger partial charge in [0.1, 0.15) is 0 Å². The fraction of sp³-hybridized carbons (Fsp3) is 1.00. The molecule has 2 atom stereocenters. The highest BCUT2D eigenvalue weighted by Gasteiger charge is 2.47. The monoisotopic (exact) mass is 225 g/mol. The highest BCUT2D eigenvalue weighted by molar-refractivity contribution is 5.04. The van der Waals surface area contributed by atoms with Gasteiger partial charge in [0.2, 0.25) is 0 Å². The Labute approximate surface area is 100.0 Å². The molecular formula is C13H27N3. The first kappa shape index (κ1) is 12.3. The maximum Gasteiger partial charge on any atom is 0.0335 e. The quantitative estimate of drug-likeness (QED) is 0.761. The second-order valence-corrected chi connectivity index (χ2v) is 6.09. The summed E-state index contributed by atoms with van der Waals surface area (Å²) in [5.41, 5.74) is 6.34. The van der Waals surface area contributed by atoms with Gasteiger partial charge >= 0.3 is 0 Å². The standard InChI is InChI=1S/C13H27N3/c1-13(10-14,11-6-7-11)16-8-4-5-12(16)9-15(2)3/h11-12H,4-10,14H2,1-3H3. The minimum absolute atomic E-state index is 0.275. The number of likely N-dealkylation sites (N-methyl/N-ethyl adjacent to an activating group) is 1. The molecule has 2 N–H and O–H groups in total. The van der Waals surface area contributed by atoms with Crippen LogP contribution in [0.4, 0.5) is 0 Å². The third kappa shape index (κ3) is 2.27. The number of nitrogens with two attached hydrogens (primary N) is 1. The van der Waals surface area contributed by atoms with Crippen molar-refractivity contribution >= 4 is 0 Å². The van der Waals surface area contributed by atoms with E-state index in [1.807, 2.05) is 0 Å². The van der Waals surface area contributed by atoms with Gasteiger partial charge in [0.05, 0.1) is 0 Å². The van der Waals surface area contributed by atoms with Gasteiger partial charge in [-0.1, -0.05) is 0 Å². The molecule has 0 aromatic rings. The lowest BCUT2D eigenvalue weighted by atomic mass is 9.92. The van der Waals surface area contributed by atoms with Gasteiger partial charge in [-0.25, -0.2) is 0 Å². The van der Waals surface area contributed by atoms with Gasteiger partial charge in [-0.3, -0.25) is 4.90 Å². The molecule has 0 bridgehead atoms. The predicted octanol–water partition coefficient (Wildman–Crippen LogP) is 1.14. The van der Waals surface area contributed by atoms with Crippen molar-refractivity contribution in [2.24, 2.45) is 11.7 Å². The Morgan fingerprint density at radius 2 is 2.00 bits per heavy atom. The van der Waals surface area contributed by atoms with Crippen LogP contribution in [0.5, 0.6) is 0 Å². The van der Waals surface area contributed by atoms with Crippen molar-refractivity contribution in [3.8, 4) is 0 Å². The Morgan fingerprint density at radius 1 is 1.31 bits per heavy atom. The molecule has 2 unspecified atom stereocenters. The van der Waals surface area contributed by atoms with Crippen molar-refractivity contribution in [3.63, 3.8) is 0 Å². The van der Waals surface area contributed by atoms with Crippen LogP contribution in [-0.4, -0.2) is 55.1 Å². The van der Waals surface area contributed by atoms with Crippen LogP contribution < -0.4 is 5.73 Å². The van der Waals surface area contributed by atoms with E-state index < -0.39 is 0 Å². The van der Waals surface area contributed by atoms with E-state index in [0.717, 1.165) is 18.5 Å². The summed E-state index contributed by atoms with van der Waals surface area (Å²) in [6.07, 6.45) is 5.47. The molecule has 1 heterocycles. The van der Waals surface area contributed by atoms with Crippen LogP contribution in [0.3, 0.4) is 0 Å². The molecule has 1 saturated heterocycles. The largest absolute Gasteiger partial charge is 0.329 e. The van der Waals surface area contributed by atoms with Gasteiger partial charge in [-0.2, -0.15) is 0 Å². The van der Waals surface area contributed by atoms with Crippen LogP contribution >= 0.6 is 0 Å². The van der Waals surface area contributed by atoms with Gasteiger partial charge in [-0.15, -0.1) is 0 Å². The normalized spacial score (nSPS) is 30.9. The van der Waals surface area contributed by atoms with Crippen molar-refractivity contribution in [2.45, 2.75) is 44.2 Å². The Morgan fingerprint density at radius 3 is 2.50 bits per heavy atom. The molecule has 0 aromatic carbocycles. The summed E-state index contributed by atoms with van der Waals surface area (Å²) in [6, 6.07) is 0.726. The van der Waals surface area contributed by atoms with Gasteiger partial charge in [0, 0.05) is 24.7 Å². The highest BCUT2D eigenvalue weighted by Crippen LogP contribution is 2.44. The third-order valence-corrected chi connectivity index (χ3v) is 4.48. The molecule has 3 heteroatoms. The second-order valence-electron chi connectivity index (χ2n) is 6.09. The molecule has 2 aliphatic rings. The third-order valence-electron chi connectivity index (χ3n) is 4.48. The molecule has 16 heavy (non-hydrogen) atoms. The van der Waals surface area contributed by atoms with E-state index in [1.165, 1.54) is 38.8 Å². The molecule has 1 aliphatic heterocycles. The van der Waals surface area contributed by atoms with Crippen LogP contribution in [0.1, 0.15) is 32.6 Å². The molecule has 0 radical (unpaired) electrons. The second kappa shape index (κ2) is 4.63. The summed E-state index contributed by atoms with van der Waals surface area (Å²) in [7, 11) is 4.35. The zero-order valence-electron chi connectivity index (χ0n) is 11.1. The average Bonchev–Trinajstić information content (AvgIpc) is 2.99. The summed E-state index contributed by atoms with van der Waals surface area (Å²) in [5.74, 6) is 0.861. The summed E-state index contributed by atoms with van der Waals surface area (Å²) in [6.45, 7) is 5.64. The van der Waals surface area contributed by atoms with Crippen LogP contribution in [0.15, 0.2) is 0 Å². The van der Waals surface area contributed by atoms with E-state index in [1.54, 1.807) is 0 Å². The van der Waals surface area contributed by atoms with Crippen LogP contribution in [0.25, 0.3) is 0 Å². The summed E-state index contributed by atoms with van der Waals surface area (Å²) in [4.78, 5) is 5.03. The van der Waals surface area contributed by atoms with Gasteiger partial charge in [0.15, 0.2) is 0 Å². The average molecular weight is 225 g/mol. The van der Waals surface area contributed by atoms with Gasteiger partial charge in [-0.05, 0) is 59.2 Å². The van der Waals surface area contributed by atoms with Crippen molar-refractivity contribution < 1.29 is 0 Å². The molecule has 1 saturated carbocycles. The zero-order valence-corrected chi connectivity index (χ0v) is 11.1. The Kier molecular flexibility index (Phi) is 3.57. The first-order chi connectivity index (χ1) is 7.58. The van der Waals surface area contributed by atoms with Crippen LogP contribution in [0.2, 0.25) is 0 Å². The Bertz CT molecular complexity index is 237. The van der Waals surface area contributed by atoms with Crippen LogP contribution in [0, 0.1) is 5.92 Å². The molecule has 2 fully saturated rings. The Hall–Kier alpha value is -0.120. The van der Waals surface area contributed by atoms with E-state index >= 15 is 0 Å². The number of hydrogen-bond donors (Lipinski definition) is 1. The molecule has 0 spiro atoms. The first-order valence-electron chi connectivity index (χ1n) is 6.69. The minimum Gasteiger partial charge on any atom is -0.329 e. The van der Waals surface area contributed by atoms with E-state index in [0.29, 0.717) is 0 Å². The maximum absolute atomic E-state index is 6.07. The number of likely N-dealkylation sites (tertiary alicyclic amines) is 1. The smallest absolute Gasteiger partial charge is 0.0335 e. The number of nitrogens with zero attached hydrogens (tertiary/aromatic N) is 2. The van der Waals surface area contributed by atoms with Crippen molar-refractivity contribution in [2.75, 3.05) is 33.7 Å². The van der Waals surface area contributed by atoms with Gasteiger partial charge in [0.25, 0.3) is 0 Å². The Balaban J connectivity index is 2.05. The van der Waals surface area contributed by atoms with Crippen molar-refractivity contribution in [1.82, 2.24) is 9.80 Å². The fourth-order valence-electron chi connectivity index (χ4n) is 3.34. The highest BCUT2D eigenvalue weighted by atomic mass is 15.3. The molecule has 94 valence electrons. The molecule has 2 rings (SSSR count). The molecule has 3 nitrogen and oxygen atoms in total. The van der Waals surface area contributed by atoms with E-state index in [-0.39, 0.29) is 5.54 Å². The van der Waals surface area contributed by atoms with E-state index in [2.05, 4.69) is 30.8 Å². The molecule has 0 amide bonds. The van der Waals surface area contributed by atoms with Crippen molar-refractivity contribution in [3.05, 3.63) is 0 Å². The lowest BCUT2D eigenvalue weighted by molar-refractivity contribution is 0.0639. The number of hydrogen-bond acceptors (Lipinski definition) is 3. The number of rotatable bonds is 5. The van der Waals surface area contributed by atoms with E-state index in [4.69, 9.17) is 5.73 Å². The molecule has 1 aliphatic carbocycles. The maximum atomic E-state index is 6.07. The van der Waals surface area contributed by atoms with E-state index in [9.17, 15) is 0 Å². The summed E-state index contributed by atoms with van der Waals surface area (Å²) in [5, 5.41) is 0. The lowest BCUT2D eigenvalue weighted by Gasteiger charge is -2.43. The predicted molar refractivity (Wildman–Crippen MR) is 68.5 cm³/mol. The zero-order chi connectivity index (χ0) is 11.8. The molecule has 0 aromatic heterocycles. The van der Waals surface area contributed by atoms with Gasteiger partial charge < -0.3 is 10.6 Å². The SMILES string of the molecule is CN(C)CC1CCCN1C(C)(CN)C1CC1. The minimum atomic E-state index is 0.275. The lowest BCUT2D eigenvalue weighted by Crippen LogP contribution is -2.57. The topological polar surface area (TPSA) is 32.5 Å². The van der Waals surface area contributed by atoms with Crippen molar-refractivity contribution in [1.29, 1.82) is 0 Å². The van der Waals surface area contributed by atoms with Crippen LogP contribution in [-0.2, 0) is 0 Å². The summed E-state index contributed by atoms with van der Waals surface area (Å²) >= 11 is 0.